The molecule has 0 amide bonds. The van der Waals surface area contributed by atoms with Crippen molar-refractivity contribution >= 4 is 0 Å². The van der Waals surface area contributed by atoms with E-state index in [4.69, 9.17) is 0 Å². The maximum absolute atomic E-state index is 3.84. The number of hydrogen-bond acceptors (Lipinski definition) is 1. The first kappa shape index (κ1) is 6.87. The number of rotatable bonds is 0. The molecule has 1 heteroatoms. The highest BCUT2D eigenvalue weighted by molar-refractivity contribution is 5.26. The summed E-state index contributed by atoms with van der Waals surface area (Å²) in [4.78, 5) is 0. The van der Waals surface area contributed by atoms with Gasteiger partial charge >= 0.3 is 0 Å². The maximum atomic E-state index is 3.84. The van der Waals surface area contributed by atoms with Crippen molar-refractivity contribution in [1.82, 2.24) is 5.32 Å². The molecule has 0 spiro atoms. The number of allylic oxidation sites excluding steroid dienone is 4. The van der Waals surface area contributed by atoms with E-state index < -0.39 is 0 Å². The highest BCUT2D eigenvalue weighted by Gasteiger charge is 1.93. The summed E-state index contributed by atoms with van der Waals surface area (Å²) in [5.41, 5.74) is 2.08. The molecule has 1 nitrogen and oxygen atoms in total. The summed E-state index contributed by atoms with van der Waals surface area (Å²) in [5.74, 6) is 0. The van der Waals surface area contributed by atoms with Gasteiger partial charge in [-0.05, 0) is 11.6 Å². The first-order chi connectivity index (χ1) is 4.79. The van der Waals surface area contributed by atoms with Crippen LogP contribution in [0.4, 0.5) is 0 Å². The third-order valence-electron chi connectivity index (χ3n) is 1.27. The minimum absolute atomic E-state index is 0.834. The third-order valence-corrected chi connectivity index (χ3v) is 1.27. The lowest BCUT2D eigenvalue weighted by atomic mass is 10.1. The van der Waals surface area contributed by atoms with Crippen LogP contribution in [0, 0.1) is 0 Å². The lowest BCUT2D eigenvalue weighted by molar-refractivity contribution is 0.978. The molecule has 0 saturated heterocycles. The van der Waals surface area contributed by atoms with Crippen LogP contribution in [0.1, 0.15) is 6.42 Å². The molecule has 0 atom stereocenters. The Morgan fingerprint density at radius 1 is 1.30 bits per heavy atom. The zero-order valence-corrected chi connectivity index (χ0v) is 5.93. The summed E-state index contributed by atoms with van der Waals surface area (Å²) in [6.45, 7) is 7.65. The van der Waals surface area contributed by atoms with Crippen molar-refractivity contribution in [3.63, 3.8) is 0 Å². The fraction of sp³-hybridized carbons (Fsp3) is 0.111. The zero-order chi connectivity index (χ0) is 7.40. The van der Waals surface area contributed by atoms with Crippen LogP contribution < -0.4 is 5.32 Å². The largest absolute Gasteiger partial charge is 0.365 e. The fourth-order valence-corrected chi connectivity index (χ4v) is 0.797. The van der Waals surface area contributed by atoms with Gasteiger partial charge in [0.05, 0.1) is 0 Å². The first-order valence-corrected chi connectivity index (χ1v) is 3.24. The molecule has 0 radical (unpaired) electrons. The van der Waals surface area contributed by atoms with E-state index in [-0.39, 0.29) is 0 Å². The van der Waals surface area contributed by atoms with E-state index in [0.717, 1.165) is 17.7 Å². The molecule has 1 aliphatic rings. The third kappa shape index (κ3) is 1.94. The Hall–Kier alpha value is -1.24. The predicted molar refractivity (Wildman–Crippen MR) is 44.3 cm³/mol. The zero-order valence-electron chi connectivity index (χ0n) is 5.93. The summed E-state index contributed by atoms with van der Waals surface area (Å²) >= 11 is 0. The minimum atomic E-state index is 0.834. The highest BCUT2D eigenvalue weighted by Crippen LogP contribution is 2.07. The molecular formula is C9H11N. The van der Waals surface area contributed by atoms with Crippen LogP contribution in [0.15, 0.2) is 48.9 Å². The lowest BCUT2D eigenvalue weighted by Gasteiger charge is -2.06. The SMILES string of the molecule is C=C1/C=C\C=C/NC(=C)C1. The van der Waals surface area contributed by atoms with Crippen LogP contribution in [0.25, 0.3) is 0 Å². The molecule has 1 heterocycles. The van der Waals surface area contributed by atoms with Crippen LogP contribution in [-0.2, 0) is 0 Å². The Kier molecular flexibility index (Phi) is 2.11. The lowest BCUT2D eigenvalue weighted by Crippen LogP contribution is -2.04. The Bertz CT molecular complexity index is 209. The van der Waals surface area contributed by atoms with Gasteiger partial charge in [-0.1, -0.05) is 25.3 Å². The second kappa shape index (κ2) is 3.06. The second-order valence-electron chi connectivity index (χ2n) is 2.30. The van der Waals surface area contributed by atoms with Gasteiger partial charge in [-0.25, -0.2) is 0 Å². The summed E-state index contributed by atoms with van der Waals surface area (Å²) in [7, 11) is 0. The van der Waals surface area contributed by atoms with Gasteiger partial charge in [0.25, 0.3) is 0 Å². The van der Waals surface area contributed by atoms with Gasteiger partial charge < -0.3 is 5.32 Å². The van der Waals surface area contributed by atoms with Crippen molar-refractivity contribution in [2.45, 2.75) is 6.42 Å². The Labute approximate surface area is 61.4 Å². The van der Waals surface area contributed by atoms with E-state index >= 15 is 0 Å². The van der Waals surface area contributed by atoms with Crippen LogP contribution in [0.5, 0.6) is 0 Å². The van der Waals surface area contributed by atoms with Crippen LogP contribution in [-0.4, -0.2) is 0 Å². The molecule has 0 bridgehead atoms. The molecule has 10 heavy (non-hydrogen) atoms. The van der Waals surface area contributed by atoms with E-state index in [1.807, 2.05) is 24.4 Å². The molecule has 0 aliphatic carbocycles. The number of nitrogens with one attached hydrogen (secondary N) is 1. The number of hydrogen-bond donors (Lipinski definition) is 1. The maximum Gasteiger partial charge on any atom is 0.0117 e. The van der Waals surface area contributed by atoms with Crippen molar-refractivity contribution in [2.75, 3.05) is 0 Å². The van der Waals surface area contributed by atoms with Gasteiger partial charge in [0, 0.05) is 18.3 Å². The van der Waals surface area contributed by atoms with E-state index in [0.29, 0.717) is 0 Å². The van der Waals surface area contributed by atoms with Crippen LogP contribution in [0.3, 0.4) is 0 Å². The Morgan fingerprint density at radius 3 is 2.90 bits per heavy atom. The monoisotopic (exact) mass is 133 g/mol. The van der Waals surface area contributed by atoms with Gasteiger partial charge in [-0.3, -0.25) is 0 Å². The van der Waals surface area contributed by atoms with E-state index in [1.165, 1.54) is 0 Å². The fourth-order valence-electron chi connectivity index (χ4n) is 0.797. The molecule has 1 rings (SSSR count). The summed E-state index contributed by atoms with van der Waals surface area (Å²) in [6, 6.07) is 0. The Morgan fingerprint density at radius 2 is 2.10 bits per heavy atom. The predicted octanol–water partition coefficient (Wildman–Crippen LogP) is 2.12. The summed E-state index contributed by atoms with van der Waals surface area (Å²) < 4.78 is 0. The van der Waals surface area contributed by atoms with E-state index in [2.05, 4.69) is 18.5 Å². The topological polar surface area (TPSA) is 12.0 Å². The molecule has 0 saturated carbocycles. The average molecular weight is 133 g/mol. The molecule has 1 aliphatic heterocycles. The van der Waals surface area contributed by atoms with Crippen molar-refractivity contribution in [3.05, 3.63) is 48.9 Å². The van der Waals surface area contributed by atoms with E-state index in [1.54, 1.807) is 0 Å². The van der Waals surface area contributed by atoms with Gasteiger partial charge in [0.1, 0.15) is 0 Å². The summed E-state index contributed by atoms with van der Waals surface area (Å²) in [6.07, 6.45) is 8.58. The van der Waals surface area contributed by atoms with Gasteiger partial charge in [-0.2, -0.15) is 0 Å². The molecule has 0 fully saturated rings. The van der Waals surface area contributed by atoms with E-state index in [9.17, 15) is 0 Å². The second-order valence-corrected chi connectivity index (χ2v) is 2.30. The van der Waals surface area contributed by atoms with Gasteiger partial charge in [0.15, 0.2) is 0 Å². The standard InChI is InChI=1S/C9H11N/c1-8-5-3-4-6-10-9(2)7-8/h3-6,10H,1-2,7H2/b5-3-,6-4-. The molecular weight excluding hydrogens is 122 g/mol. The minimum Gasteiger partial charge on any atom is -0.365 e. The average Bonchev–Trinajstić information content (AvgIpc) is 1.83. The molecule has 0 unspecified atom stereocenters. The molecule has 1 N–H and O–H groups in total. The molecule has 0 aromatic heterocycles. The molecule has 52 valence electrons. The first-order valence-electron chi connectivity index (χ1n) is 3.24. The van der Waals surface area contributed by atoms with Gasteiger partial charge in [0.2, 0.25) is 0 Å². The van der Waals surface area contributed by atoms with Crippen LogP contribution in [0.2, 0.25) is 0 Å². The highest BCUT2D eigenvalue weighted by atomic mass is 14.8. The van der Waals surface area contributed by atoms with Crippen molar-refractivity contribution in [1.29, 1.82) is 0 Å². The van der Waals surface area contributed by atoms with Crippen LogP contribution >= 0.6 is 0 Å². The molecule has 0 aromatic rings. The quantitative estimate of drug-likeness (QED) is 0.533. The van der Waals surface area contributed by atoms with Gasteiger partial charge in [-0.15, -0.1) is 0 Å². The Balaban J connectivity index is 2.70. The van der Waals surface area contributed by atoms with Crippen molar-refractivity contribution in [2.24, 2.45) is 0 Å². The smallest absolute Gasteiger partial charge is 0.0117 e. The summed E-state index contributed by atoms with van der Waals surface area (Å²) in [5, 5.41) is 3.03. The normalized spacial score (nSPS) is 24.4. The van der Waals surface area contributed by atoms with Crippen molar-refractivity contribution < 1.29 is 0 Å². The van der Waals surface area contributed by atoms with Crippen molar-refractivity contribution in [3.8, 4) is 0 Å². The molecule has 0 aromatic carbocycles.